The van der Waals surface area contributed by atoms with Crippen molar-refractivity contribution in [2.75, 3.05) is 18.1 Å². The maximum atomic E-state index is 8.95. The number of benzene rings is 1. The van der Waals surface area contributed by atoms with Gasteiger partial charge in [-0.05, 0) is 6.07 Å². The molecule has 1 aliphatic heterocycles. The first-order chi connectivity index (χ1) is 6.81. The van der Waals surface area contributed by atoms with Crippen LogP contribution >= 0.6 is 11.8 Å². The van der Waals surface area contributed by atoms with Gasteiger partial charge >= 0.3 is 0 Å². The molecule has 74 valence electrons. The van der Waals surface area contributed by atoms with Gasteiger partial charge in [-0.15, -0.1) is 11.8 Å². The van der Waals surface area contributed by atoms with Crippen molar-refractivity contribution in [2.45, 2.75) is 6.04 Å². The number of rotatable bonds is 2. The zero-order valence-electron chi connectivity index (χ0n) is 7.68. The van der Waals surface area contributed by atoms with Gasteiger partial charge in [0.05, 0.1) is 12.6 Å². The van der Waals surface area contributed by atoms with Gasteiger partial charge in [0, 0.05) is 17.0 Å². The summed E-state index contributed by atoms with van der Waals surface area (Å²) in [5, 5.41) is 9.89. The lowest BCUT2D eigenvalue weighted by Gasteiger charge is -2.02. The molecule has 0 spiro atoms. The third-order valence-electron chi connectivity index (χ3n) is 2.11. The minimum Gasteiger partial charge on any atom is -0.398 e. The van der Waals surface area contributed by atoms with Crippen LogP contribution in [0.3, 0.4) is 0 Å². The van der Waals surface area contributed by atoms with Crippen molar-refractivity contribution < 1.29 is 5.11 Å². The van der Waals surface area contributed by atoms with Gasteiger partial charge < -0.3 is 10.8 Å². The highest BCUT2D eigenvalue weighted by Crippen LogP contribution is 2.26. The van der Waals surface area contributed by atoms with Crippen molar-refractivity contribution in [3.8, 4) is 0 Å². The van der Waals surface area contributed by atoms with E-state index in [1.54, 1.807) is 11.8 Å². The molecule has 1 heterocycles. The van der Waals surface area contributed by atoms with E-state index in [-0.39, 0.29) is 12.6 Å². The highest BCUT2D eigenvalue weighted by atomic mass is 32.2. The summed E-state index contributed by atoms with van der Waals surface area (Å²) in [5.74, 6) is 0.847. The van der Waals surface area contributed by atoms with Crippen molar-refractivity contribution in [3.05, 3.63) is 29.8 Å². The maximum Gasteiger partial charge on any atom is 0.100 e. The summed E-state index contributed by atoms with van der Waals surface area (Å²) in [6.07, 6.45) is 0. The lowest BCUT2D eigenvalue weighted by atomic mass is 10.2. The molecule has 0 saturated carbocycles. The van der Waals surface area contributed by atoms with E-state index in [4.69, 9.17) is 10.8 Å². The third-order valence-corrected chi connectivity index (χ3v) is 3.26. The molecule has 0 amide bonds. The fourth-order valence-corrected chi connectivity index (χ4v) is 2.44. The van der Waals surface area contributed by atoms with E-state index in [0.717, 1.165) is 22.0 Å². The summed E-state index contributed by atoms with van der Waals surface area (Å²) in [5.41, 5.74) is 7.56. The Labute approximate surface area is 87.0 Å². The first kappa shape index (κ1) is 9.55. The van der Waals surface area contributed by atoms with Gasteiger partial charge in [-0.1, -0.05) is 18.2 Å². The first-order valence-corrected chi connectivity index (χ1v) is 5.46. The number of aliphatic imine (C=N–C) groups is 1. The third kappa shape index (κ3) is 1.76. The van der Waals surface area contributed by atoms with Crippen LogP contribution in [0.1, 0.15) is 5.56 Å². The van der Waals surface area contributed by atoms with E-state index >= 15 is 0 Å². The summed E-state index contributed by atoms with van der Waals surface area (Å²) in [7, 11) is 0. The number of nitrogen functional groups attached to an aromatic ring is 1. The van der Waals surface area contributed by atoms with Crippen LogP contribution in [0.2, 0.25) is 0 Å². The molecule has 1 aliphatic rings. The molecule has 1 unspecified atom stereocenters. The molecule has 0 aromatic heterocycles. The number of thioether (sulfide) groups is 1. The van der Waals surface area contributed by atoms with Gasteiger partial charge in [-0.3, -0.25) is 4.99 Å². The zero-order valence-corrected chi connectivity index (χ0v) is 8.50. The molecule has 1 aromatic carbocycles. The number of nitrogens with two attached hydrogens (primary N) is 1. The molecular weight excluding hydrogens is 196 g/mol. The number of nitrogens with zero attached hydrogens (tertiary/aromatic N) is 1. The second-order valence-electron chi connectivity index (χ2n) is 3.17. The van der Waals surface area contributed by atoms with E-state index in [0.29, 0.717) is 0 Å². The molecule has 3 nitrogen and oxygen atoms in total. The molecule has 0 fully saturated rings. The predicted octanol–water partition coefficient (Wildman–Crippen LogP) is 1.12. The van der Waals surface area contributed by atoms with Crippen LogP contribution < -0.4 is 5.73 Å². The molecule has 1 atom stereocenters. The summed E-state index contributed by atoms with van der Waals surface area (Å²) in [4.78, 5) is 4.39. The molecule has 3 N–H and O–H groups in total. The Hall–Kier alpha value is -1.00. The van der Waals surface area contributed by atoms with E-state index in [2.05, 4.69) is 4.99 Å². The SMILES string of the molecule is Nc1ccccc1C1=NC(CO)CS1. The van der Waals surface area contributed by atoms with Gasteiger partial charge in [-0.2, -0.15) is 0 Å². The second kappa shape index (κ2) is 4.02. The number of anilines is 1. The Morgan fingerprint density at radius 3 is 2.93 bits per heavy atom. The normalized spacial score (nSPS) is 20.9. The lowest BCUT2D eigenvalue weighted by Crippen LogP contribution is -2.08. The van der Waals surface area contributed by atoms with E-state index in [1.807, 2.05) is 24.3 Å². The molecule has 4 heteroatoms. The van der Waals surface area contributed by atoms with E-state index < -0.39 is 0 Å². The van der Waals surface area contributed by atoms with Crippen LogP contribution in [0.4, 0.5) is 5.69 Å². The Bertz CT molecular complexity index is 365. The highest BCUT2D eigenvalue weighted by Gasteiger charge is 2.19. The molecule has 0 radical (unpaired) electrons. The Balaban J connectivity index is 2.28. The van der Waals surface area contributed by atoms with Crippen molar-refractivity contribution >= 4 is 22.5 Å². The predicted molar refractivity (Wildman–Crippen MR) is 60.7 cm³/mol. The standard InChI is InChI=1S/C10H12N2OS/c11-9-4-2-1-3-8(9)10-12-7(5-13)6-14-10/h1-4,7,13H,5-6,11H2. The van der Waals surface area contributed by atoms with E-state index in [1.165, 1.54) is 0 Å². The Kier molecular flexibility index (Phi) is 2.74. The largest absolute Gasteiger partial charge is 0.398 e. The Morgan fingerprint density at radius 2 is 2.29 bits per heavy atom. The van der Waals surface area contributed by atoms with Gasteiger partial charge in [0.15, 0.2) is 0 Å². The summed E-state index contributed by atoms with van der Waals surface area (Å²) >= 11 is 1.65. The van der Waals surface area contributed by atoms with Crippen molar-refractivity contribution in [1.82, 2.24) is 0 Å². The minimum absolute atomic E-state index is 0.0367. The van der Waals surface area contributed by atoms with E-state index in [9.17, 15) is 0 Å². The number of hydrogen-bond acceptors (Lipinski definition) is 4. The quantitative estimate of drug-likeness (QED) is 0.716. The topological polar surface area (TPSA) is 58.6 Å². The summed E-state index contributed by atoms with van der Waals surface area (Å²) < 4.78 is 0. The van der Waals surface area contributed by atoms with Gasteiger partial charge in [0.25, 0.3) is 0 Å². The highest BCUT2D eigenvalue weighted by molar-refractivity contribution is 8.14. The Morgan fingerprint density at radius 1 is 1.50 bits per heavy atom. The van der Waals surface area contributed by atoms with Gasteiger partial charge in [0.1, 0.15) is 5.04 Å². The molecular formula is C10H12N2OS. The van der Waals surface area contributed by atoms with Gasteiger partial charge in [0.2, 0.25) is 0 Å². The average molecular weight is 208 g/mol. The molecule has 0 saturated heterocycles. The van der Waals surface area contributed by atoms with Crippen LogP contribution in [-0.4, -0.2) is 28.6 Å². The van der Waals surface area contributed by atoms with Crippen molar-refractivity contribution in [3.63, 3.8) is 0 Å². The van der Waals surface area contributed by atoms with Crippen LogP contribution in [-0.2, 0) is 0 Å². The number of aliphatic hydroxyl groups is 1. The lowest BCUT2D eigenvalue weighted by molar-refractivity contribution is 0.277. The summed E-state index contributed by atoms with van der Waals surface area (Å²) in [6.45, 7) is 0.114. The molecule has 0 aliphatic carbocycles. The first-order valence-electron chi connectivity index (χ1n) is 4.47. The fourth-order valence-electron chi connectivity index (χ4n) is 1.35. The molecule has 0 bridgehead atoms. The second-order valence-corrected chi connectivity index (χ2v) is 4.18. The molecule has 1 aromatic rings. The van der Waals surface area contributed by atoms with Crippen LogP contribution in [0, 0.1) is 0 Å². The minimum atomic E-state index is 0.0367. The monoisotopic (exact) mass is 208 g/mol. The number of hydrogen-bond donors (Lipinski definition) is 2. The number of para-hydroxylation sites is 1. The van der Waals surface area contributed by atoms with Crippen LogP contribution in [0.25, 0.3) is 0 Å². The molecule has 2 rings (SSSR count). The average Bonchev–Trinajstić information content (AvgIpc) is 2.67. The maximum absolute atomic E-state index is 8.95. The zero-order chi connectivity index (χ0) is 9.97. The van der Waals surface area contributed by atoms with Crippen LogP contribution in [0.15, 0.2) is 29.3 Å². The smallest absolute Gasteiger partial charge is 0.100 e. The van der Waals surface area contributed by atoms with Crippen molar-refractivity contribution in [1.29, 1.82) is 0 Å². The number of aliphatic hydroxyl groups excluding tert-OH is 1. The van der Waals surface area contributed by atoms with Crippen LogP contribution in [0.5, 0.6) is 0 Å². The summed E-state index contributed by atoms with van der Waals surface area (Å²) in [6, 6.07) is 7.71. The fraction of sp³-hybridized carbons (Fsp3) is 0.300. The van der Waals surface area contributed by atoms with Gasteiger partial charge in [-0.25, -0.2) is 0 Å². The molecule has 14 heavy (non-hydrogen) atoms. The van der Waals surface area contributed by atoms with Crippen molar-refractivity contribution in [2.24, 2.45) is 4.99 Å².